The van der Waals surface area contributed by atoms with E-state index in [-0.39, 0.29) is 17.9 Å². The summed E-state index contributed by atoms with van der Waals surface area (Å²) in [5, 5.41) is 8.42. The zero-order chi connectivity index (χ0) is 20.7. The summed E-state index contributed by atoms with van der Waals surface area (Å²) in [7, 11) is 0. The molecule has 29 heavy (non-hydrogen) atoms. The molecule has 1 N–H and O–H groups in total. The fraction of sp³-hybridized carbons (Fsp3) is 0.381. The molecule has 0 bridgehead atoms. The zero-order valence-electron chi connectivity index (χ0n) is 16.8. The molecule has 152 valence electrons. The standard InChI is InChI=1S/C21H23ClN4O3/c1-11(2)16-7-13(14-10-23-26(12(3)4)20(14)24-16)21(27)25-17-9-19-18(8-15(17)22)28-5-6-29-19/h7-12H,5-6H2,1-4H3,(H,25,27). The average Bonchev–Trinajstić information content (AvgIpc) is 3.12. The van der Waals surface area contributed by atoms with E-state index in [2.05, 4.69) is 10.4 Å². The van der Waals surface area contributed by atoms with Gasteiger partial charge in [-0.05, 0) is 25.8 Å². The maximum atomic E-state index is 13.2. The van der Waals surface area contributed by atoms with Crippen molar-refractivity contribution in [3.63, 3.8) is 0 Å². The maximum absolute atomic E-state index is 13.2. The molecule has 1 aliphatic heterocycles. The molecule has 0 saturated carbocycles. The number of halogens is 1. The van der Waals surface area contributed by atoms with Crippen molar-refractivity contribution in [1.82, 2.24) is 14.8 Å². The second kappa shape index (κ2) is 7.55. The van der Waals surface area contributed by atoms with Gasteiger partial charge in [0.2, 0.25) is 0 Å². The number of benzene rings is 1. The molecule has 4 rings (SSSR count). The Morgan fingerprint density at radius 2 is 1.83 bits per heavy atom. The Morgan fingerprint density at radius 1 is 1.14 bits per heavy atom. The molecule has 0 spiro atoms. The van der Waals surface area contributed by atoms with E-state index in [1.54, 1.807) is 18.3 Å². The summed E-state index contributed by atoms with van der Waals surface area (Å²) in [6.07, 6.45) is 1.69. The first-order chi connectivity index (χ1) is 13.8. The number of hydrogen-bond donors (Lipinski definition) is 1. The van der Waals surface area contributed by atoms with Crippen molar-refractivity contribution in [3.05, 3.63) is 40.7 Å². The third kappa shape index (κ3) is 3.62. The predicted octanol–water partition coefficient (Wildman–Crippen LogP) is 4.81. The molecule has 1 amide bonds. The minimum absolute atomic E-state index is 0.130. The molecular weight excluding hydrogens is 392 g/mol. The number of hydrogen-bond acceptors (Lipinski definition) is 5. The van der Waals surface area contributed by atoms with E-state index in [0.29, 0.717) is 52.0 Å². The summed E-state index contributed by atoms with van der Waals surface area (Å²) in [5.74, 6) is 1.03. The lowest BCUT2D eigenvalue weighted by Gasteiger charge is -2.20. The zero-order valence-corrected chi connectivity index (χ0v) is 17.6. The molecule has 0 saturated heterocycles. The van der Waals surface area contributed by atoms with E-state index in [0.717, 1.165) is 5.69 Å². The van der Waals surface area contributed by atoms with Gasteiger partial charge in [0.1, 0.15) is 13.2 Å². The lowest BCUT2D eigenvalue weighted by atomic mass is 10.0. The van der Waals surface area contributed by atoms with E-state index in [1.165, 1.54) is 0 Å². The molecule has 0 radical (unpaired) electrons. The highest BCUT2D eigenvalue weighted by molar-refractivity contribution is 6.34. The number of rotatable bonds is 4. The molecule has 3 aromatic rings. The summed E-state index contributed by atoms with van der Waals surface area (Å²) in [6.45, 7) is 9.09. The molecule has 0 fully saturated rings. The van der Waals surface area contributed by atoms with Gasteiger partial charge in [-0.1, -0.05) is 25.4 Å². The molecule has 1 aliphatic rings. The van der Waals surface area contributed by atoms with Crippen molar-refractivity contribution in [2.24, 2.45) is 0 Å². The topological polar surface area (TPSA) is 78.3 Å². The van der Waals surface area contributed by atoms with Gasteiger partial charge in [0, 0.05) is 23.9 Å². The van der Waals surface area contributed by atoms with E-state index in [1.807, 2.05) is 38.4 Å². The van der Waals surface area contributed by atoms with Crippen LogP contribution in [0.3, 0.4) is 0 Å². The summed E-state index contributed by atoms with van der Waals surface area (Å²) in [5.41, 5.74) is 2.51. The molecule has 3 heterocycles. The van der Waals surface area contributed by atoms with Crippen molar-refractivity contribution in [1.29, 1.82) is 0 Å². The monoisotopic (exact) mass is 414 g/mol. The summed E-state index contributed by atoms with van der Waals surface area (Å²) in [6, 6.07) is 5.30. The van der Waals surface area contributed by atoms with Crippen LogP contribution < -0.4 is 14.8 Å². The van der Waals surface area contributed by atoms with Gasteiger partial charge >= 0.3 is 0 Å². The molecule has 7 nitrogen and oxygen atoms in total. The van der Waals surface area contributed by atoms with Crippen LogP contribution in [0.2, 0.25) is 5.02 Å². The first kappa shape index (κ1) is 19.5. The Kier molecular flexibility index (Phi) is 5.08. The van der Waals surface area contributed by atoms with E-state index >= 15 is 0 Å². The highest BCUT2D eigenvalue weighted by Gasteiger charge is 2.21. The lowest BCUT2D eigenvalue weighted by Crippen LogP contribution is -2.17. The Bertz CT molecular complexity index is 1090. The number of fused-ring (bicyclic) bond motifs is 2. The molecule has 1 aromatic carbocycles. The van der Waals surface area contributed by atoms with Crippen LogP contribution in [0.1, 0.15) is 55.7 Å². The number of carbonyl (C=O) groups excluding carboxylic acids is 1. The van der Waals surface area contributed by atoms with Crippen molar-refractivity contribution in [2.75, 3.05) is 18.5 Å². The normalized spacial score (nSPS) is 13.3. The number of ether oxygens (including phenoxy) is 2. The molecule has 0 atom stereocenters. The largest absolute Gasteiger partial charge is 0.486 e. The van der Waals surface area contributed by atoms with Crippen molar-refractivity contribution < 1.29 is 14.3 Å². The highest BCUT2D eigenvalue weighted by atomic mass is 35.5. The number of aromatic nitrogens is 3. The molecule has 8 heteroatoms. The first-order valence-electron chi connectivity index (χ1n) is 9.63. The van der Waals surface area contributed by atoms with E-state index < -0.39 is 0 Å². The summed E-state index contributed by atoms with van der Waals surface area (Å²) < 4.78 is 13.0. The number of amides is 1. The number of carbonyl (C=O) groups is 1. The second-order valence-corrected chi connectivity index (χ2v) is 8.01. The van der Waals surface area contributed by atoms with E-state index in [9.17, 15) is 4.79 Å². The number of nitrogens with zero attached hydrogens (tertiary/aromatic N) is 3. The highest BCUT2D eigenvalue weighted by Crippen LogP contribution is 2.38. The van der Waals surface area contributed by atoms with Gasteiger partial charge in [0.25, 0.3) is 5.91 Å². The van der Waals surface area contributed by atoms with Crippen LogP contribution in [0.5, 0.6) is 11.5 Å². The van der Waals surface area contributed by atoms with Gasteiger partial charge in [0.05, 0.1) is 27.9 Å². The van der Waals surface area contributed by atoms with Crippen LogP contribution in [0, 0.1) is 0 Å². The maximum Gasteiger partial charge on any atom is 0.256 e. The lowest BCUT2D eigenvalue weighted by molar-refractivity contribution is 0.102. The number of anilines is 1. The molecule has 0 unspecified atom stereocenters. The Labute approximate surface area is 174 Å². The fourth-order valence-corrected chi connectivity index (χ4v) is 3.45. The van der Waals surface area contributed by atoms with Gasteiger partial charge in [0.15, 0.2) is 17.1 Å². The predicted molar refractivity (Wildman–Crippen MR) is 112 cm³/mol. The number of nitrogens with one attached hydrogen (secondary N) is 1. The summed E-state index contributed by atoms with van der Waals surface area (Å²) in [4.78, 5) is 17.9. The Morgan fingerprint density at radius 3 is 2.48 bits per heavy atom. The van der Waals surface area contributed by atoms with Gasteiger partial charge in [-0.15, -0.1) is 0 Å². The van der Waals surface area contributed by atoms with Gasteiger partial charge in [-0.3, -0.25) is 4.79 Å². The van der Waals surface area contributed by atoms with Crippen LogP contribution >= 0.6 is 11.6 Å². The minimum Gasteiger partial charge on any atom is -0.486 e. The molecule has 0 aliphatic carbocycles. The first-order valence-corrected chi connectivity index (χ1v) is 10.0. The Balaban J connectivity index is 1.75. The second-order valence-electron chi connectivity index (χ2n) is 7.60. The smallest absolute Gasteiger partial charge is 0.256 e. The van der Waals surface area contributed by atoms with Crippen LogP contribution in [-0.2, 0) is 0 Å². The Hall–Kier alpha value is -2.80. The van der Waals surface area contributed by atoms with Gasteiger partial charge < -0.3 is 14.8 Å². The van der Waals surface area contributed by atoms with Crippen LogP contribution in [0.15, 0.2) is 24.4 Å². The van der Waals surface area contributed by atoms with Crippen molar-refractivity contribution >= 4 is 34.2 Å². The minimum atomic E-state index is -0.277. The third-order valence-corrected chi connectivity index (χ3v) is 5.10. The number of pyridine rings is 1. The van der Waals surface area contributed by atoms with Crippen LogP contribution in [0.25, 0.3) is 11.0 Å². The van der Waals surface area contributed by atoms with Crippen molar-refractivity contribution in [2.45, 2.75) is 39.7 Å². The van der Waals surface area contributed by atoms with Crippen LogP contribution in [0.4, 0.5) is 5.69 Å². The fourth-order valence-electron chi connectivity index (χ4n) is 3.25. The SMILES string of the molecule is CC(C)c1cc(C(=O)Nc2cc3c(cc2Cl)OCCO3)c2cnn(C(C)C)c2n1. The summed E-state index contributed by atoms with van der Waals surface area (Å²) >= 11 is 6.36. The quantitative estimate of drug-likeness (QED) is 0.662. The van der Waals surface area contributed by atoms with Gasteiger partial charge in [-0.25, -0.2) is 9.67 Å². The molecular formula is C21H23ClN4O3. The van der Waals surface area contributed by atoms with Gasteiger partial charge in [-0.2, -0.15) is 5.10 Å². The van der Waals surface area contributed by atoms with E-state index in [4.69, 9.17) is 26.1 Å². The van der Waals surface area contributed by atoms with Crippen LogP contribution in [-0.4, -0.2) is 33.9 Å². The average molecular weight is 415 g/mol. The molecule has 2 aromatic heterocycles. The third-order valence-electron chi connectivity index (χ3n) is 4.79. The van der Waals surface area contributed by atoms with Crippen molar-refractivity contribution in [3.8, 4) is 11.5 Å².